The molecule has 3 N–H and O–H groups in total. The van der Waals surface area contributed by atoms with Crippen molar-refractivity contribution in [3.63, 3.8) is 0 Å². The number of anilines is 2. The lowest BCUT2D eigenvalue weighted by atomic mass is 10.1. The van der Waals surface area contributed by atoms with Gasteiger partial charge in [0.15, 0.2) is 0 Å². The smallest absolute Gasteiger partial charge is 0.145 e. The number of hydrogen-bond donors (Lipinski definition) is 3. The summed E-state index contributed by atoms with van der Waals surface area (Å²) in [5, 5.41) is 13.9. The van der Waals surface area contributed by atoms with Crippen molar-refractivity contribution in [3.8, 4) is 0 Å². The predicted molar refractivity (Wildman–Crippen MR) is 51.8 cm³/mol. The van der Waals surface area contributed by atoms with E-state index in [1.54, 1.807) is 0 Å². The molecule has 0 saturated heterocycles. The third-order valence-corrected chi connectivity index (χ3v) is 2.93. The Morgan fingerprint density at radius 2 is 2.23 bits per heavy atom. The SMILES string of the molecule is c1n[nH]c2c1NCCC(C1CC1)N2. The second-order valence-corrected chi connectivity index (χ2v) is 3.96. The fraction of sp³-hybridized carbons (Fsp3) is 0.667. The molecule has 70 valence electrons. The highest BCUT2D eigenvalue weighted by Gasteiger charge is 2.32. The number of fused-ring (bicyclic) bond motifs is 1. The van der Waals surface area contributed by atoms with Gasteiger partial charge >= 0.3 is 0 Å². The topological polar surface area (TPSA) is 52.7 Å². The number of aromatic amines is 1. The Labute approximate surface area is 77.1 Å². The van der Waals surface area contributed by atoms with Crippen LogP contribution in [0.2, 0.25) is 0 Å². The molecule has 4 heteroatoms. The Hall–Kier alpha value is -1.19. The Bertz CT molecular complexity index is 302. The molecule has 2 heterocycles. The third kappa shape index (κ3) is 1.26. The van der Waals surface area contributed by atoms with Crippen molar-refractivity contribution in [3.05, 3.63) is 6.20 Å². The van der Waals surface area contributed by atoms with Gasteiger partial charge in [-0.3, -0.25) is 5.10 Å². The molecular formula is C9H14N4. The maximum atomic E-state index is 4.01. The normalized spacial score (nSPS) is 26.9. The van der Waals surface area contributed by atoms with Crippen LogP contribution in [0.25, 0.3) is 0 Å². The summed E-state index contributed by atoms with van der Waals surface area (Å²) >= 11 is 0. The van der Waals surface area contributed by atoms with Gasteiger partial charge in [0.25, 0.3) is 0 Å². The summed E-state index contributed by atoms with van der Waals surface area (Å²) in [5.41, 5.74) is 1.11. The highest BCUT2D eigenvalue weighted by Crippen LogP contribution is 2.37. The largest absolute Gasteiger partial charge is 0.381 e. The van der Waals surface area contributed by atoms with Gasteiger partial charge < -0.3 is 10.6 Å². The lowest BCUT2D eigenvalue weighted by Gasteiger charge is -2.14. The molecule has 1 aliphatic carbocycles. The number of nitrogens with zero attached hydrogens (tertiary/aromatic N) is 1. The number of H-pyrrole nitrogens is 1. The van der Waals surface area contributed by atoms with Crippen LogP contribution in [0, 0.1) is 5.92 Å². The van der Waals surface area contributed by atoms with Gasteiger partial charge in [-0.25, -0.2) is 0 Å². The molecule has 0 amide bonds. The van der Waals surface area contributed by atoms with Gasteiger partial charge in [0.05, 0.1) is 11.9 Å². The molecule has 3 rings (SSSR count). The van der Waals surface area contributed by atoms with Gasteiger partial charge in [-0.1, -0.05) is 0 Å². The van der Waals surface area contributed by atoms with Crippen LogP contribution in [0.1, 0.15) is 19.3 Å². The van der Waals surface area contributed by atoms with Crippen LogP contribution in [0.15, 0.2) is 6.20 Å². The van der Waals surface area contributed by atoms with Crippen LogP contribution >= 0.6 is 0 Å². The molecule has 13 heavy (non-hydrogen) atoms. The van der Waals surface area contributed by atoms with Crippen molar-refractivity contribution in [2.45, 2.75) is 25.3 Å². The van der Waals surface area contributed by atoms with Gasteiger partial charge in [0, 0.05) is 12.6 Å². The summed E-state index contributed by atoms with van der Waals surface area (Å²) in [6, 6.07) is 0.647. The summed E-state index contributed by atoms with van der Waals surface area (Å²) in [5.74, 6) is 1.96. The standard InChI is InChI=1S/C9H14N4/c1-2-6(1)7-3-4-10-8-5-11-13-9(8)12-7/h5-7,10H,1-4H2,(H2,11,12,13). The summed E-state index contributed by atoms with van der Waals surface area (Å²) < 4.78 is 0. The molecule has 1 fully saturated rings. The maximum absolute atomic E-state index is 4.01. The van der Waals surface area contributed by atoms with Crippen LogP contribution in [0.4, 0.5) is 11.5 Å². The van der Waals surface area contributed by atoms with E-state index in [-0.39, 0.29) is 0 Å². The second-order valence-electron chi connectivity index (χ2n) is 3.96. The first-order valence-electron chi connectivity index (χ1n) is 4.97. The van der Waals surface area contributed by atoms with Gasteiger partial charge in [-0.15, -0.1) is 0 Å². The van der Waals surface area contributed by atoms with E-state index in [0.29, 0.717) is 6.04 Å². The zero-order valence-corrected chi connectivity index (χ0v) is 7.51. The number of aromatic nitrogens is 2. The monoisotopic (exact) mass is 178 g/mol. The van der Waals surface area contributed by atoms with Crippen molar-refractivity contribution in [2.24, 2.45) is 5.92 Å². The lowest BCUT2D eigenvalue weighted by Crippen LogP contribution is -2.22. The van der Waals surface area contributed by atoms with E-state index in [9.17, 15) is 0 Å². The fourth-order valence-corrected chi connectivity index (χ4v) is 2.00. The minimum atomic E-state index is 0.647. The quantitative estimate of drug-likeness (QED) is 0.609. The Kier molecular flexibility index (Phi) is 1.48. The molecular weight excluding hydrogens is 164 g/mol. The maximum Gasteiger partial charge on any atom is 0.145 e. The first-order chi connectivity index (χ1) is 6.43. The van der Waals surface area contributed by atoms with Crippen LogP contribution in [-0.2, 0) is 0 Å². The average molecular weight is 178 g/mol. The molecule has 4 nitrogen and oxygen atoms in total. The molecule has 1 unspecified atom stereocenters. The number of nitrogens with one attached hydrogen (secondary N) is 3. The van der Waals surface area contributed by atoms with E-state index in [0.717, 1.165) is 24.0 Å². The van der Waals surface area contributed by atoms with Gasteiger partial charge in [0.1, 0.15) is 5.82 Å². The average Bonchev–Trinajstić information content (AvgIpc) is 2.91. The minimum absolute atomic E-state index is 0.647. The third-order valence-electron chi connectivity index (χ3n) is 2.93. The molecule has 1 saturated carbocycles. The van der Waals surface area contributed by atoms with E-state index >= 15 is 0 Å². The van der Waals surface area contributed by atoms with Crippen LogP contribution in [0.5, 0.6) is 0 Å². The lowest BCUT2D eigenvalue weighted by molar-refractivity contribution is 0.606. The summed E-state index contributed by atoms with van der Waals surface area (Å²) in [7, 11) is 0. The van der Waals surface area contributed by atoms with E-state index in [2.05, 4.69) is 20.8 Å². The highest BCUT2D eigenvalue weighted by atomic mass is 15.2. The van der Waals surface area contributed by atoms with Crippen molar-refractivity contribution < 1.29 is 0 Å². The highest BCUT2D eigenvalue weighted by molar-refractivity contribution is 5.64. The Morgan fingerprint density at radius 1 is 1.31 bits per heavy atom. The molecule has 1 aromatic heterocycles. The molecule has 1 aliphatic heterocycles. The summed E-state index contributed by atoms with van der Waals surface area (Å²) in [6.07, 6.45) is 5.84. The summed E-state index contributed by atoms with van der Waals surface area (Å²) in [4.78, 5) is 0. The fourth-order valence-electron chi connectivity index (χ4n) is 2.00. The van der Waals surface area contributed by atoms with Gasteiger partial charge in [-0.2, -0.15) is 5.10 Å². The van der Waals surface area contributed by atoms with E-state index in [4.69, 9.17) is 0 Å². The van der Waals surface area contributed by atoms with Crippen molar-refractivity contribution in [1.82, 2.24) is 10.2 Å². The molecule has 1 atom stereocenters. The minimum Gasteiger partial charge on any atom is -0.381 e. The zero-order chi connectivity index (χ0) is 8.67. The zero-order valence-electron chi connectivity index (χ0n) is 7.51. The van der Waals surface area contributed by atoms with Crippen LogP contribution in [-0.4, -0.2) is 22.8 Å². The molecule has 2 aliphatic rings. The molecule has 0 spiro atoms. The van der Waals surface area contributed by atoms with Crippen LogP contribution in [0.3, 0.4) is 0 Å². The Balaban J connectivity index is 1.83. The van der Waals surface area contributed by atoms with Gasteiger partial charge in [-0.05, 0) is 25.2 Å². The molecule has 1 aromatic rings. The van der Waals surface area contributed by atoms with E-state index in [1.165, 1.54) is 19.3 Å². The molecule has 0 bridgehead atoms. The van der Waals surface area contributed by atoms with Crippen LogP contribution < -0.4 is 10.6 Å². The van der Waals surface area contributed by atoms with Crippen molar-refractivity contribution in [2.75, 3.05) is 17.2 Å². The first kappa shape index (κ1) is 7.24. The molecule has 0 radical (unpaired) electrons. The van der Waals surface area contributed by atoms with E-state index in [1.807, 2.05) is 6.20 Å². The predicted octanol–water partition coefficient (Wildman–Crippen LogP) is 1.42. The van der Waals surface area contributed by atoms with Crippen molar-refractivity contribution >= 4 is 11.5 Å². The van der Waals surface area contributed by atoms with E-state index < -0.39 is 0 Å². The molecule has 0 aromatic carbocycles. The Morgan fingerprint density at radius 3 is 3.08 bits per heavy atom. The first-order valence-corrected chi connectivity index (χ1v) is 4.97. The number of hydrogen-bond acceptors (Lipinski definition) is 3. The second kappa shape index (κ2) is 2.65. The van der Waals surface area contributed by atoms with Gasteiger partial charge in [0.2, 0.25) is 0 Å². The number of rotatable bonds is 1. The summed E-state index contributed by atoms with van der Waals surface area (Å²) in [6.45, 7) is 1.06. The van der Waals surface area contributed by atoms with Crippen molar-refractivity contribution in [1.29, 1.82) is 0 Å².